The highest BCUT2D eigenvalue weighted by molar-refractivity contribution is 5.33. The van der Waals surface area contributed by atoms with Crippen molar-refractivity contribution in [2.24, 2.45) is 11.8 Å². The molecule has 1 saturated carbocycles. The first-order valence-electron chi connectivity index (χ1n) is 6.67. The molecule has 0 saturated heterocycles. The van der Waals surface area contributed by atoms with Gasteiger partial charge in [0.2, 0.25) is 0 Å². The van der Waals surface area contributed by atoms with Crippen molar-refractivity contribution in [2.45, 2.75) is 47.1 Å². The van der Waals surface area contributed by atoms with Gasteiger partial charge in [-0.15, -0.1) is 0 Å². The lowest BCUT2D eigenvalue weighted by atomic mass is 10.0. The van der Waals surface area contributed by atoms with E-state index in [-0.39, 0.29) is 0 Å². The van der Waals surface area contributed by atoms with Gasteiger partial charge >= 0.3 is 0 Å². The summed E-state index contributed by atoms with van der Waals surface area (Å²) in [5.74, 6) is 1.82. The van der Waals surface area contributed by atoms with Crippen LogP contribution in [0.2, 0.25) is 0 Å². The van der Waals surface area contributed by atoms with Gasteiger partial charge in [0.15, 0.2) is 0 Å². The van der Waals surface area contributed by atoms with E-state index in [9.17, 15) is 0 Å². The second-order valence-electron chi connectivity index (χ2n) is 5.68. The van der Waals surface area contributed by atoms with E-state index in [4.69, 9.17) is 0 Å². The van der Waals surface area contributed by atoms with Crippen LogP contribution in [0.1, 0.15) is 48.8 Å². The van der Waals surface area contributed by atoms with Crippen LogP contribution in [0, 0.1) is 32.6 Å². The smallest absolute Gasteiger partial charge is 0.0426 e. The second kappa shape index (κ2) is 4.77. The topological polar surface area (TPSA) is 24.9 Å². The Morgan fingerprint density at radius 3 is 2.59 bits per heavy atom. The van der Waals surface area contributed by atoms with E-state index in [1.165, 1.54) is 23.2 Å². The summed E-state index contributed by atoms with van der Waals surface area (Å²) in [4.78, 5) is 4.57. The number of aromatic nitrogens is 1. The minimum Gasteiger partial charge on any atom is -0.310 e. The third-order valence-electron chi connectivity index (χ3n) is 3.98. The number of hydrogen-bond donors (Lipinski definition) is 1. The monoisotopic (exact) mass is 232 g/mol. The highest BCUT2D eigenvalue weighted by Crippen LogP contribution is 2.37. The number of pyridine rings is 1. The molecule has 94 valence electrons. The fraction of sp³-hybridized carbons (Fsp3) is 0.667. The van der Waals surface area contributed by atoms with E-state index >= 15 is 0 Å². The first-order chi connectivity index (χ1) is 7.99. The van der Waals surface area contributed by atoms with E-state index in [1.54, 1.807) is 0 Å². The molecular weight excluding hydrogens is 208 g/mol. The Kier molecular flexibility index (Phi) is 3.53. The van der Waals surface area contributed by atoms with Gasteiger partial charge in [-0.1, -0.05) is 6.92 Å². The van der Waals surface area contributed by atoms with Crippen molar-refractivity contribution in [3.8, 4) is 0 Å². The summed E-state index contributed by atoms with van der Waals surface area (Å²) in [6.45, 7) is 12.1. The highest BCUT2D eigenvalue weighted by Gasteiger charge is 2.32. The zero-order valence-electron chi connectivity index (χ0n) is 11.7. The largest absolute Gasteiger partial charge is 0.310 e. The molecule has 2 heteroatoms. The SMILES string of the molecule is Cc1cc(C)c(C(C)NCC2CC2C)c(C)n1. The maximum Gasteiger partial charge on any atom is 0.0426 e. The van der Waals surface area contributed by atoms with Crippen LogP contribution in [0.15, 0.2) is 6.07 Å². The van der Waals surface area contributed by atoms with Crippen LogP contribution in [0.25, 0.3) is 0 Å². The average Bonchev–Trinajstić information content (AvgIpc) is 2.90. The molecule has 1 fully saturated rings. The zero-order chi connectivity index (χ0) is 12.6. The molecule has 2 nitrogen and oxygen atoms in total. The third-order valence-corrected chi connectivity index (χ3v) is 3.98. The van der Waals surface area contributed by atoms with Crippen molar-refractivity contribution in [2.75, 3.05) is 6.54 Å². The summed E-state index contributed by atoms with van der Waals surface area (Å²) < 4.78 is 0. The van der Waals surface area contributed by atoms with Gasteiger partial charge in [-0.25, -0.2) is 0 Å². The Bertz CT molecular complexity index is 388. The molecule has 0 spiro atoms. The van der Waals surface area contributed by atoms with Crippen molar-refractivity contribution in [1.29, 1.82) is 0 Å². The van der Waals surface area contributed by atoms with Gasteiger partial charge in [0.25, 0.3) is 0 Å². The zero-order valence-corrected chi connectivity index (χ0v) is 11.7. The van der Waals surface area contributed by atoms with Crippen LogP contribution >= 0.6 is 0 Å². The van der Waals surface area contributed by atoms with E-state index in [2.05, 4.69) is 51.0 Å². The number of hydrogen-bond acceptors (Lipinski definition) is 2. The van der Waals surface area contributed by atoms with Gasteiger partial charge in [0.1, 0.15) is 0 Å². The Morgan fingerprint density at radius 2 is 2.06 bits per heavy atom. The van der Waals surface area contributed by atoms with E-state index in [0.29, 0.717) is 6.04 Å². The minimum atomic E-state index is 0.413. The Morgan fingerprint density at radius 1 is 1.41 bits per heavy atom. The molecule has 1 aromatic rings. The normalized spacial score (nSPS) is 24.8. The van der Waals surface area contributed by atoms with Crippen LogP contribution in [0.5, 0.6) is 0 Å². The molecule has 17 heavy (non-hydrogen) atoms. The predicted molar refractivity (Wildman–Crippen MR) is 72.1 cm³/mol. The lowest BCUT2D eigenvalue weighted by Crippen LogP contribution is -2.23. The van der Waals surface area contributed by atoms with Crippen LogP contribution in [0.3, 0.4) is 0 Å². The van der Waals surface area contributed by atoms with E-state index in [1.807, 2.05) is 0 Å². The first-order valence-corrected chi connectivity index (χ1v) is 6.67. The number of rotatable bonds is 4. The molecule has 1 aromatic heterocycles. The van der Waals surface area contributed by atoms with Crippen molar-refractivity contribution < 1.29 is 0 Å². The van der Waals surface area contributed by atoms with E-state index < -0.39 is 0 Å². The minimum absolute atomic E-state index is 0.413. The molecule has 0 amide bonds. The van der Waals surface area contributed by atoms with Crippen molar-refractivity contribution in [3.63, 3.8) is 0 Å². The molecule has 1 N–H and O–H groups in total. The summed E-state index contributed by atoms with van der Waals surface area (Å²) in [7, 11) is 0. The molecular formula is C15H24N2. The van der Waals surface area contributed by atoms with Gasteiger partial charge in [0, 0.05) is 17.4 Å². The van der Waals surface area contributed by atoms with Gasteiger partial charge in [-0.3, -0.25) is 4.98 Å². The van der Waals surface area contributed by atoms with Crippen LogP contribution in [-0.4, -0.2) is 11.5 Å². The Hall–Kier alpha value is -0.890. The summed E-state index contributed by atoms with van der Waals surface area (Å²) in [6.07, 6.45) is 1.39. The summed E-state index contributed by atoms with van der Waals surface area (Å²) >= 11 is 0. The maximum absolute atomic E-state index is 4.57. The van der Waals surface area contributed by atoms with Crippen molar-refractivity contribution in [1.82, 2.24) is 10.3 Å². The fourth-order valence-corrected chi connectivity index (χ4v) is 2.80. The van der Waals surface area contributed by atoms with Crippen molar-refractivity contribution in [3.05, 3.63) is 28.6 Å². The second-order valence-corrected chi connectivity index (χ2v) is 5.68. The third kappa shape index (κ3) is 2.86. The molecule has 0 aromatic carbocycles. The van der Waals surface area contributed by atoms with Crippen molar-refractivity contribution >= 4 is 0 Å². The quantitative estimate of drug-likeness (QED) is 0.861. The Balaban J connectivity index is 2.05. The molecule has 1 aliphatic carbocycles. The Labute approximate surface area is 105 Å². The summed E-state index contributed by atoms with van der Waals surface area (Å²) in [5, 5.41) is 3.65. The molecule has 0 bridgehead atoms. The number of aryl methyl sites for hydroxylation is 3. The van der Waals surface area contributed by atoms with Crippen LogP contribution in [0.4, 0.5) is 0 Å². The van der Waals surface area contributed by atoms with Crippen LogP contribution in [-0.2, 0) is 0 Å². The lowest BCUT2D eigenvalue weighted by Gasteiger charge is -2.19. The first kappa shape index (κ1) is 12.6. The molecule has 0 aliphatic heterocycles. The van der Waals surface area contributed by atoms with E-state index in [0.717, 1.165) is 24.1 Å². The molecule has 1 heterocycles. The van der Waals surface area contributed by atoms with Gasteiger partial charge < -0.3 is 5.32 Å². The number of nitrogens with zero attached hydrogens (tertiary/aromatic N) is 1. The predicted octanol–water partition coefficient (Wildman–Crippen LogP) is 3.31. The van der Waals surface area contributed by atoms with Gasteiger partial charge in [-0.05, 0) is 69.7 Å². The summed E-state index contributed by atoms with van der Waals surface area (Å²) in [6, 6.07) is 2.59. The van der Waals surface area contributed by atoms with Gasteiger partial charge in [0.05, 0.1) is 0 Å². The molecule has 0 radical (unpaired) electrons. The average molecular weight is 232 g/mol. The maximum atomic E-state index is 4.57. The molecule has 3 atom stereocenters. The molecule has 2 rings (SSSR count). The number of nitrogens with one attached hydrogen (secondary N) is 1. The highest BCUT2D eigenvalue weighted by atomic mass is 14.9. The van der Waals surface area contributed by atoms with Gasteiger partial charge in [-0.2, -0.15) is 0 Å². The van der Waals surface area contributed by atoms with Crippen LogP contribution < -0.4 is 5.32 Å². The standard InChI is InChI=1S/C15H24N2/c1-9-7-14(9)8-16-12(4)15-10(2)6-11(3)17-13(15)5/h6,9,12,14,16H,7-8H2,1-5H3. The fourth-order valence-electron chi connectivity index (χ4n) is 2.80. The lowest BCUT2D eigenvalue weighted by molar-refractivity contribution is 0.530. The molecule has 1 aliphatic rings. The molecule has 3 unspecified atom stereocenters. The summed E-state index contributed by atoms with van der Waals surface area (Å²) in [5.41, 5.74) is 5.03.